The molecule has 7 heteroatoms. The van der Waals surface area contributed by atoms with Gasteiger partial charge in [-0.05, 0) is 19.1 Å². The SMILES string of the molecule is CC(CC#N)N(C)C(=O)Nc1cccnc1C(=O)O. The summed E-state index contributed by atoms with van der Waals surface area (Å²) in [4.78, 5) is 27.8. The summed E-state index contributed by atoms with van der Waals surface area (Å²) in [6.45, 7) is 1.73. The van der Waals surface area contributed by atoms with Crippen LogP contribution in [0.5, 0.6) is 0 Å². The standard InChI is InChI=1S/C12H14N4O3/c1-8(5-6-13)16(2)12(19)15-9-4-3-7-14-10(9)11(17)18/h3-4,7-8H,5H2,1-2H3,(H,15,19)(H,17,18). The number of amides is 2. The number of urea groups is 1. The Hall–Kier alpha value is -2.62. The zero-order chi connectivity index (χ0) is 14.4. The number of nitrogens with zero attached hydrogens (tertiary/aromatic N) is 3. The summed E-state index contributed by atoms with van der Waals surface area (Å²) in [5.41, 5.74) is -0.104. The van der Waals surface area contributed by atoms with E-state index < -0.39 is 12.0 Å². The van der Waals surface area contributed by atoms with Gasteiger partial charge >= 0.3 is 12.0 Å². The van der Waals surface area contributed by atoms with Crippen LogP contribution in [0.1, 0.15) is 23.8 Å². The largest absolute Gasteiger partial charge is 0.476 e. The first-order valence-corrected chi connectivity index (χ1v) is 5.56. The van der Waals surface area contributed by atoms with Crippen LogP contribution in [0.3, 0.4) is 0 Å². The average molecular weight is 262 g/mol. The number of carboxylic acids is 1. The molecule has 100 valence electrons. The van der Waals surface area contributed by atoms with Crippen LogP contribution in [0.15, 0.2) is 18.3 Å². The summed E-state index contributed by atoms with van der Waals surface area (Å²) in [5, 5.41) is 20.0. The van der Waals surface area contributed by atoms with Crippen LogP contribution >= 0.6 is 0 Å². The number of nitriles is 1. The Morgan fingerprint density at radius 2 is 2.32 bits per heavy atom. The van der Waals surface area contributed by atoms with Gasteiger partial charge in [0.1, 0.15) is 0 Å². The molecule has 0 aliphatic rings. The molecule has 0 saturated heterocycles. The number of carboxylic acid groups (broad SMARTS) is 1. The van der Waals surface area contributed by atoms with E-state index in [4.69, 9.17) is 10.4 Å². The third-order valence-corrected chi connectivity index (χ3v) is 2.62. The van der Waals surface area contributed by atoms with Crippen LogP contribution in [0.2, 0.25) is 0 Å². The van der Waals surface area contributed by atoms with Crippen molar-refractivity contribution >= 4 is 17.7 Å². The smallest absolute Gasteiger partial charge is 0.356 e. The van der Waals surface area contributed by atoms with Crippen LogP contribution in [0, 0.1) is 11.3 Å². The number of anilines is 1. The van der Waals surface area contributed by atoms with E-state index >= 15 is 0 Å². The lowest BCUT2D eigenvalue weighted by molar-refractivity contribution is 0.0691. The molecule has 0 spiro atoms. The summed E-state index contributed by atoms with van der Waals surface area (Å²) in [5.74, 6) is -1.22. The fraction of sp³-hybridized carbons (Fsp3) is 0.333. The number of hydrogen-bond acceptors (Lipinski definition) is 4. The van der Waals surface area contributed by atoms with Crippen LogP contribution in [-0.4, -0.2) is 40.1 Å². The molecular formula is C12H14N4O3. The van der Waals surface area contributed by atoms with Crippen molar-refractivity contribution < 1.29 is 14.7 Å². The van der Waals surface area contributed by atoms with Crippen molar-refractivity contribution in [2.24, 2.45) is 0 Å². The van der Waals surface area contributed by atoms with E-state index in [2.05, 4.69) is 10.3 Å². The monoisotopic (exact) mass is 262 g/mol. The minimum atomic E-state index is -1.22. The molecule has 19 heavy (non-hydrogen) atoms. The molecule has 2 amide bonds. The molecule has 1 aromatic heterocycles. The number of aromatic carboxylic acids is 1. The summed E-state index contributed by atoms with van der Waals surface area (Å²) in [6, 6.07) is 4.20. The molecule has 1 aromatic rings. The second kappa shape index (κ2) is 6.35. The second-order valence-electron chi connectivity index (χ2n) is 3.96. The van der Waals surface area contributed by atoms with E-state index in [0.717, 1.165) is 0 Å². The molecule has 1 heterocycles. The van der Waals surface area contributed by atoms with Gasteiger partial charge in [0, 0.05) is 19.3 Å². The first kappa shape index (κ1) is 14.4. The average Bonchev–Trinajstić information content (AvgIpc) is 2.38. The Labute approximate surface area is 110 Å². The number of hydrogen-bond donors (Lipinski definition) is 2. The van der Waals surface area contributed by atoms with Gasteiger partial charge in [0.15, 0.2) is 5.69 Å². The third-order valence-electron chi connectivity index (χ3n) is 2.62. The number of aromatic nitrogens is 1. The summed E-state index contributed by atoms with van der Waals surface area (Å²) >= 11 is 0. The Morgan fingerprint density at radius 1 is 1.63 bits per heavy atom. The van der Waals surface area contributed by atoms with Gasteiger partial charge < -0.3 is 15.3 Å². The van der Waals surface area contributed by atoms with E-state index in [9.17, 15) is 9.59 Å². The maximum absolute atomic E-state index is 11.9. The molecular weight excluding hydrogens is 248 g/mol. The molecule has 0 fully saturated rings. The zero-order valence-corrected chi connectivity index (χ0v) is 10.6. The molecule has 0 aliphatic heterocycles. The zero-order valence-electron chi connectivity index (χ0n) is 10.6. The molecule has 0 aromatic carbocycles. The molecule has 0 bridgehead atoms. The number of pyridine rings is 1. The van der Waals surface area contributed by atoms with Crippen LogP contribution in [0.25, 0.3) is 0 Å². The van der Waals surface area contributed by atoms with Crippen LogP contribution in [-0.2, 0) is 0 Å². The highest BCUT2D eigenvalue weighted by atomic mass is 16.4. The number of carbonyl (C=O) groups excluding carboxylic acids is 1. The molecule has 2 N–H and O–H groups in total. The highest BCUT2D eigenvalue weighted by Gasteiger charge is 2.18. The molecule has 0 saturated carbocycles. The number of rotatable bonds is 4. The van der Waals surface area contributed by atoms with Gasteiger partial charge in [0.05, 0.1) is 18.2 Å². The molecule has 1 unspecified atom stereocenters. The van der Waals surface area contributed by atoms with Crippen molar-refractivity contribution in [1.82, 2.24) is 9.88 Å². The normalized spacial score (nSPS) is 11.2. The Kier molecular flexibility index (Phi) is 4.83. The fourth-order valence-electron chi connectivity index (χ4n) is 1.35. The summed E-state index contributed by atoms with van der Waals surface area (Å²) < 4.78 is 0. The first-order chi connectivity index (χ1) is 8.97. The van der Waals surface area contributed by atoms with Gasteiger partial charge in [-0.1, -0.05) is 0 Å². The van der Waals surface area contributed by atoms with Gasteiger partial charge in [-0.15, -0.1) is 0 Å². The predicted molar refractivity (Wildman–Crippen MR) is 67.7 cm³/mol. The van der Waals surface area contributed by atoms with E-state index in [1.165, 1.54) is 30.3 Å². The Balaban J connectivity index is 2.83. The minimum absolute atomic E-state index is 0.121. The van der Waals surface area contributed by atoms with Crippen molar-refractivity contribution in [1.29, 1.82) is 5.26 Å². The Morgan fingerprint density at radius 3 is 2.89 bits per heavy atom. The van der Waals surface area contributed by atoms with Crippen LogP contribution < -0.4 is 5.32 Å². The number of nitrogens with one attached hydrogen (secondary N) is 1. The highest BCUT2D eigenvalue weighted by molar-refractivity contribution is 5.98. The van der Waals surface area contributed by atoms with Crippen LogP contribution in [0.4, 0.5) is 10.5 Å². The summed E-state index contributed by atoms with van der Waals surface area (Å²) in [7, 11) is 1.54. The van der Waals surface area contributed by atoms with E-state index in [0.29, 0.717) is 0 Å². The van der Waals surface area contributed by atoms with Gasteiger partial charge in [0.2, 0.25) is 0 Å². The van der Waals surface area contributed by atoms with Gasteiger partial charge in [-0.2, -0.15) is 5.26 Å². The molecule has 1 rings (SSSR count). The highest BCUT2D eigenvalue weighted by Crippen LogP contribution is 2.13. The van der Waals surface area contributed by atoms with E-state index in [-0.39, 0.29) is 23.8 Å². The lowest BCUT2D eigenvalue weighted by Crippen LogP contribution is -2.38. The van der Waals surface area contributed by atoms with Crippen molar-refractivity contribution in [3.63, 3.8) is 0 Å². The minimum Gasteiger partial charge on any atom is -0.476 e. The van der Waals surface area contributed by atoms with Gasteiger partial charge in [0.25, 0.3) is 0 Å². The number of carbonyl (C=O) groups is 2. The van der Waals surface area contributed by atoms with E-state index in [1.54, 1.807) is 6.92 Å². The van der Waals surface area contributed by atoms with Gasteiger partial charge in [-0.3, -0.25) is 0 Å². The quantitative estimate of drug-likeness (QED) is 0.856. The lowest BCUT2D eigenvalue weighted by atomic mass is 10.2. The topological polar surface area (TPSA) is 106 Å². The second-order valence-corrected chi connectivity index (χ2v) is 3.96. The third kappa shape index (κ3) is 3.67. The fourth-order valence-corrected chi connectivity index (χ4v) is 1.35. The van der Waals surface area contributed by atoms with Crippen molar-refractivity contribution in [2.45, 2.75) is 19.4 Å². The molecule has 0 aliphatic carbocycles. The van der Waals surface area contributed by atoms with Crippen molar-refractivity contribution in [3.8, 4) is 6.07 Å². The van der Waals surface area contributed by atoms with E-state index in [1.807, 2.05) is 6.07 Å². The van der Waals surface area contributed by atoms with Gasteiger partial charge in [-0.25, -0.2) is 14.6 Å². The predicted octanol–water partition coefficient (Wildman–Crippen LogP) is 1.55. The summed E-state index contributed by atoms with van der Waals surface area (Å²) in [6.07, 6.45) is 1.53. The van der Waals surface area contributed by atoms with Crippen molar-refractivity contribution in [3.05, 3.63) is 24.0 Å². The molecule has 0 radical (unpaired) electrons. The lowest BCUT2D eigenvalue weighted by Gasteiger charge is -2.23. The molecule has 1 atom stereocenters. The molecule has 7 nitrogen and oxygen atoms in total. The Bertz CT molecular complexity index is 524. The van der Waals surface area contributed by atoms with Crippen molar-refractivity contribution in [2.75, 3.05) is 12.4 Å². The maximum atomic E-state index is 11.9. The first-order valence-electron chi connectivity index (χ1n) is 5.56. The maximum Gasteiger partial charge on any atom is 0.356 e.